The molecule has 1 saturated carbocycles. The molecule has 0 spiro atoms. The Bertz CT molecular complexity index is 849. The van der Waals surface area contributed by atoms with E-state index in [1.54, 1.807) is 0 Å². The smallest absolute Gasteiger partial charge is 0.417 e. The van der Waals surface area contributed by atoms with E-state index in [4.69, 9.17) is 5.11 Å². The molecule has 0 unspecified atom stereocenters. The summed E-state index contributed by atoms with van der Waals surface area (Å²) in [7, 11) is -4.36. The molecule has 11 heteroatoms. The van der Waals surface area contributed by atoms with Gasteiger partial charge in [0.15, 0.2) is 0 Å². The van der Waals surface area contributed by atoms with E-state index in [1.165, 1.54) is 4.90 Å². The lowest BCUT2D eigenvalue weighted by Gasteiger charge is -2.19. The standard InChI is InChI=1S/C14H13F3N2O5S/c15-14(16,17)11-5-9(3-4-10(11)13(21)22)25(23,24)18-6-12(20)19(7-18)8-1-2-8/h3-5,8H,1-2,6-7H2,(H,21,22). The topological polar surface area (TPSA) is 95.0 Å². The first-order valence-electron chi connectivity index (χ1n) is 7.26. The maximum Gasteiger partial charge on any atom is 0.417 e. The van der Waals surface area contributed by atoms with Crippen LogP contribution in [0.15, 0.2) is 23.1 Å². The minimum absolute atomic E-state index is 0.0205. The molecular weight excluding hydrogens is 365 g/mol. The number of aromatic carboxylic acids is 1. The Hall–Kier alpha value is -2.14. The lowest BCUT2D eigenvalue weighted by atomic mass is 10.1. The molecule has 1 aliphatic carbocycles. The van der Waals surface area contributed by atoms with E-state index in [9.17, 15) is 31.2 Å². The molecule has 0 bridgehead atoms. The second-order valence-corrected chi connectivity index (χ2v) is 7.80. The lowest BCUT2D eigenvalue weighted by molar-refractivity contribution is -0.138. The molecule has 136 valence electrons. The Morgan fingerprint density at radius 2 is 1.88 bits per heavy atom. The number of nitrogens with zero attached hydrogens (tertiary/aromatic N) is 2. The number of carboxylic acids is 1. The number of sulfonamides is 1. The first kappa shape index (κ1) is 17.7. The normalized spacial score (nSPS) is 19.5. The van der Waals surface area contributed by atoms with Crippen molar-refractivity contribution in [2.45, 2.75) is 30.0 Å². The SMILES string of the molecule is O=C(O)c1ccc(S(=O)(=O)N2CC(=O)N(C3CC3)C2)cc1C(F)(F)F. The van der Waals surface area contributed by atoms with Crippen LogP contribution in [0.5, 0.6) is 0 Å². The average Bonchev–Trinajstić information content (AvgIpc) is 3.27. The van der Waals surface area contributed by atoms with Gasteiger partial charge in [-0.05, 0) is 31.0 Å². The quantitative estimate of drug-likeness (QED) is 0.854. The van der Waals surface area contributed by atoms with Crippen molar-refractivity contribution in [3.8, 4) is 0 Å². The zero-order valence-corrected chi connectivity index (χ0v) is 13.5. The van der Waals surface area contributed by atoms with Crippen molar-refractivity contribution in [2.75, 3.05) is 13.2 Å². The maximum atomic E-state index is 13.1. The van der Waals surface area contributed by atoms with Crippen molar-refractivity contribution in [2.24, 2.45) is 0 Å². The molecule has 1 aromatic rings. The summed E-state index contributed by atoms with van der Waals surface area (Å²) in [6, 6.07) is 1.68. The van der Waals surface area contributed by atoms with E-state index in [-0.39, 0.29) is 12.7 Å². The van der Waals surface area contributed by atoms with E-state index >= 15 is 0 Å². The summed E-state index contributed by atoms with van der Waals surface area (Å²) in [5.41, 5.74) is -2.59. The van der Waals surface area contributed by atoms with Crippen LogP contribution in [-0.2, 0) is 21.0 Å². The van der Waals surface area contributed by atoms with Crippen LogP contribution in [0, 0.1) is 0 Å². The summed E-state index contributed by atoms with van der Waals surface area (Å²) >= 11 is 0. The summed E-state index contributed by atoms with van der Waals surface area (Å²) < 4.78 is 65.1. The zero-order valence-electron chi connectivity index (χ0n) is 12.7. The molecule has 1 N–H and O–H groups in total. The Labute approximate surface area is 140 Å². The van der Waals surface area contributed by atoms with Gasteiger partial charge in [0.05, 0.1) is 29.2 Å². The predicted molar refractivity (Wildman–Crippen MR) is 77.0 cm³/mol. The third-order valence-corrected chi connectivity index (χ3v) is 5.87. The van der Waals surface area contributed by atoms with Crippen molar-refractivity contribution in [1.82, 2.24) is 9.21 Å². The van der Waals surface area contributed by atoms with Gasteiger partial charge in [0.1, 0.15) is 0 Å². The molecule has 1 heterocycles. The first-order chi connectivity index (χ1) is 11.5. The summed E-state index contributed by atoms with van der Waals surface area (Å²) in [5.74, 6) is -2.21. The molecule has 1 saturated heterocycles. The second kappa shape index (κ2) is 5.70. The number of alkyl halides is 3. The van der Waals surface area contributed by atoms with E-state index < -0.39 is 50.6 Å². The Morgan fingerprint density at radius 3 is 2.40 bits per heavy atom. The van der Waals surface area contributed by atoms with Crippen molar-refractivity contribution < 1.29 is 36.3 Å². The van der Waals surface area contributed by atoms with Gasteiger partial charge in [-0.1, -0.05) is 0 Å². The third kappa shape index (κ3) is 3.21. The molecule has 2 fully saturated rings. The highest BCUT2D eigenvalue weighted by Gasteiger charge is 2.43. The third-order valence-electron chi connectivity index (χ3n) is 4.09. The van der Waals surface area contributed by atoms with Crippen LogP contribution in [0.25, 0.3) is 0 Å². The fraction of sp³-hybridized carbons (Fsp3) is 0.429. The van der Waals surface area contributed by atoms with Gasteiger partial charge in [0.25, 0.3) is 0 Å². The summed E-state index contributed by atoms with van der Waals surface area (Å²) in [6.45, 7) is -0.658. The van der Waals surface area contributed by atoms with Gasteiger partial charge in [-0.2, -0.15) is 17.5 Å². The summed E-state index contributed by atoms with van der Waals surface area (Å²) in [5, 5.41) is 8.86. The Morgan fingerprint density at radius 1 is 1.24 bits per heavy atom. The van der Waals surface area contributed by atoms with E-state index in [1.807, 2.05) is 0 Å². The van der Waals surface area contributed by atoms with Crippen LogP contribution in [0.3, 0.4) is 0 Å². The van der Waals surface area contributed by atoms with Crippen molar-refractivity contribution in [3.63, 3.8) is 0 Å². The number of hydrogen-bond acceptors (Lipinski definition) is 4. The summed E-state index contributed by atoms with van der Waals surface area (Å²) in [6.07, 6.45) is -3.49. The molecule has 7 nitrogen and oxygen atoms in total. The number of amides is 1. The molecule has 2 aliphatic rings. The number of carboxylic acid groups (broad SMARTS) is 1. The van der Waals surface area contributed by atoms with Gasteiger partial charge in [-0.3, -0.25) is 4.79 Å². The highest BCUT2D eigenvalue weighted by atomic mass is 32.2. The minimum Gasteiger partial charge on any atom is -0.478 e. The molecule has 25 heavy (non-hydrogen) atoms. The monoisotopic (exact) mass is 378 g/mol. The van der Waals surface area contributed by atoms with E-state index in [0.29, 0.717) is 12.1 Å². The van der Waals surface area contributed by atoms with Crippen molar-refractivity contribution in [3.05, 3.63) is 29.3 Å². The number of halogens is 3. The van der Waals surface area contributed by atoms with E-state index in [0.717, 1.165) is 23.2 Å². The molecule has 0 radical (unpaired) electrons. The molecule has 1 aromatic carbocycles. The van der Waals surface area contributed by atoms with Crippen LogP contribution < -0.4 is 0 Å². The Balaban J connectivity index is 1.98. The van der Waals surface area contributed by atoms with Gasteiger partial charge in [-0.15, -0.1) is 0 Å². The molecule has 1 aliphatic heterocycles. The first-order valence-corrected chi connectivity index (χ1v) is 8.70. The lowest BCUT2D eigenvalue weighted by Crippen LogP contribution is -2.32. The van der Waals surface area contributed by atoms with Crippen LogP contribution in [-0.4, -0.2) is 53.9 Å². The van der Waals surface area contributed by atoms with Crippen molar-refractivity contribution in [1.29, 1.82) is 0 Å². The number of rotatable bonds is 4. The van der Waals surface area contributed by atoms with Crippen LogP contribution in [0.1, 0.15) is 28.8 Å². The van der Waals surface area contributed by atoms with Crippen molar-refractivity contribution >= 4 is 21.9 Å². The molecular formula is C14H13F3N2O5S. The number of carbonyl (C=O) groups is 2. The molecule has 1 amide bonds. The van der Waals surface area contributed by atoms with Gasteiger partial charge in [0.2, 0.25) is 15.9 Å². The Kier molecular flexibility index (Phi) is 4.03. The average molecular weight is 378 g/mol. The number of hydrogen-bond donors (Lipinski definition) is 1. The fourth-order valence-corrected chi connectivity index (χ4v) is 4.02. The zero-order chi connectivity index (χ0) is 18.6. The second-order valence-electron chi connectivity index (χ2n) is 5.86. The van der Waals surface area contributed by atoms with Crippen LogP contribution in [0.4, 0.5) is 13.2 Å². The van der Waals surface area contributed by atoms with Gasteiger partial charge in [0, 0.05) is 6.04 Å². The number of benzene rings is 1. The van der Waals surface area contributed by atoms with Crippen LogP contribution >= 0.6 is 0 Å². The fourth-order valence-electron chi connectivity index (χ4n) is 2.66. The largest absolute Gasteiger partial charge is 0.478 e. The maximum absolute atomic E-state index is 13.1. The number of carbonyl (C=O) groups excluding carboxylic acids is 1. The van der Waals surface area contributed by atoms with Crippen LogP contribution in [0.2, 0.25) is 0 Å². The minimum atomic E-state index is -5.03. The highest BCUT2D eigenvalue weighted by Crippen LogP contribution is 2.35. The molecule has 0 aromatic heterocycles. The highest BCUT2D eigenvalue weighted by molar-refractivity contribution is 7.89. The van der Waals surface area contributed by atoms with Gasteiger partial charge in [-0.25, -0.2) is 13.2 Å². The molecule has 3 rings (SSSR count). The van der Waals surface area contributed by atoms with E-state index in [2.05, 4.69) is 0 Å². The van der Waals surface area contributed by atoms with Gasteiger partial charge >= 0.3 is 12.1 Å². The summed E-state index contributed by atoms with van der Waals surface area (Å²) in [4.78, 5) is 23.5. The molecule has 0 atom stereocenters. The van der Waals surface area contributed by atoms with Gasteiger partial charge < -0.3 is 10.0 Å². The predicted octanol–water partition coefficient (Wildman–Crippen LogP) is 1.36.